The number of carboxylic acids is 1. The van der Waals surface area contributed by atoms with Gasteiger partial charge in [0.2, 0.25) is 0 Å². The quantitative estimate of drug-likeness (QED) is 0.797. The van der Waals surface area contributed by atoms with E-state index in [9.17, 15) is 9.59 Å². The number of carbonyl (C=O) groups excluding carboxylic acids is 1. The molecule has 0 bridgehead atoms. The average molecular weight is 285 g/mol. The van der Waals surface area contributed by atoms with Crippen molar-refractivity contribution in [2.45, 2.75) is 63.8 Å². The second kappa shape index (κ2) is 5.24. The largest absolute Gasteiger partial charge is 0.479 e. The molecule has 0 saturated carbocycles. The van der Waals surface area contributed by atoms with E-state index >= 15 is 0 Å². The number of aliphatic carboxylic acids is 1. The highest BCUT2D eigenvalue weighted by Gasteiger charge is 2.45. The Balaban J connectivity index is 1.87. The van der Waals surface area contributed by atoms with E-state index in [4.69, 9.17) is 14.6 Å². The summed E-state index contributed by atoms with van der Waals surface area (Å²) in [5.74, 6) is -0.892. The van der Waals surface area contributed by atoms with Crippen molar-refractivity contribution in [1.29, 1.82) is 0 Å². The number of carbonyl (C=O) groups is 2. The second-order valence-corrected chi connectivity index (χ2v) is 6.63. The topological polar surface area (TPSA) is 76.1 Å². The van der Waals surface area contributed by atoms with Crippen molar-refractivity contribution in [3.05, 3.63) is 0 Å². The Hall–Kier alpha value is -1.30. The highest BCUT2D eigenvalue weighted by Crippen LogP contribution is 2.39. The number of carboxylic acid groups (broad SMARTS) is 1. The van der Waals surface area contributed by atoms with Crippen LogP contribution in [0.5, 0.6) is 0 Å². The van der Waals surface area contributed by atoms with Crippen molar-refractivity contribution in [3.8, 4) is 0 Å². The molecule has 1 amide bonds. The molecule has 1 atom stereocenters. The average Bonchev–Trinajstić information content (AvgIpc) is 2.72. The predicted molar refractivity (Wildman–Crippen MR) is 71.5 cm³/mol. The zero-order chi connectivity index (χ0) is 15.0. The van der Waals surface area contributed by atoms with Crippen LogP contribution in [0.1, 0.15) is 46.5 Å². The van der Waals surface area contributed by atoms with Crippen LogP contribution >= 0.6 is 0 Å². The van der Waals surface area contributed by atoms with Gasteiger partial charge in [0, 0.05) is 13.1 Å². The SMILES string of the molecule is CC(C)(C)OC(=O)N1CCC2(CC[C@@H](C(=O)O)O2)CC1. The molecule has 1 spiro atoms. The molecule has 2 aliphatic heterocycles. The first-order valence-electron chi connectivity index (χ1n) is 7.09. The first-order chi connectivity index (χ1) is 9.21. The maximum atomic E-state index is 12.0. The van der Waals surface area contributed by atoms with Crippen molar-refractivity contribution >= 4 is 12.1 Å². The Morgan fingerprint density at radius 2 is 1.85 bits per heavy atom. The highest BCUT2D eigenvalue weighted by atomic mass is 16.6. The lowest BCUT2D eigenvalue weighted by Crippen LogP contribution is -2.48. The number of likely N-dealkylation sites (tertiary alicyclic amines) is 1. The Morgan fingerprint density at radius 1 is 1.25 bits per heavy atom. The number of rotatable bonds is 1. The summed E-state index contributed by atoms with van der Waals surface area (Å²) in [7, 11) is 0. The van der Waals surface area contributed by atoms with Gasteiger partial charge in [0.05, 0.1) is 5.60 Å². The number of hydrogen-bond donors (Lipinski definition) is 1. The van der Waals surface area contributed by atoms with Gasteiger partial charge < -0.3 is 19.5 Å². The molecule has 2 aliphatic rings. The fraction of sp³-hybridized carbons (Fsp3) is 0.857. The molecule has 0 aromatic heterocycles. The van der Waals surface area contributed by atoms with Crippen molar-refractivity contribution < 1.29 is 24.2 Å². The van der Waals surface area contributed by atoms with E-state index in [-0.39, 0.29) is 11.7 Å². The predicted octanol–water partition coefficient (Wildman–Crippen LogP) is 2.02. The first kappa shape index (κ1) is 15.1. The van der Waals surface area contributed by atoms with Gasteiger partial charge in [-0.3, -0.25) is 0 Å². The van der Waals surface area contributed by atoms with Gasteiger partial charge in [-0.25, -0.2) is 9.59 Å². The van der Waals surface area contributed by atoms with Gasteiger partial charge in [-0.1, -0.05) is 0 Å². The molecule has 2 saturated heterocycles. The Morgan fingerprint density at radius 3 is 2.30 bits per heavy atom. The number of nitrogens with zero attached hydrogens (tertiary/aromatic N) is 1. The molecule has 0 aromatic rings. The molecule has 114 valence electrons. The molecular formula is C14H23NO5. The van der Waals surface area contributed by atoms with Crippen LogP contribution in [0, 0.1) is 0 Å². The van der Waals surface area contributed by atoms with Crippen LogP contribution in [0.2, 0.25) is 0 Å². The number of ether oxygens (including phenoxy) is 2. The third-order valence-electron chi connectivity index (χ3n) is 3.86. The monoisotopic (exact) mass is 285 g/mol. The minimum atomic E-state index is -0.892. The lowest BCUT2D eigenvalue weighted by atomic mass is 9.89. The van der Waals surface area contributed by atoms with Crippen LogP contribution in [0.4, 0.5) is 4.79 Å². The van der Waals surface area contributed by atoms with E-state index in [0.717, 1.165) is 6.42 Å². The minimum absolute atomic E-state index is 0.305. The van der Waals surface area contributed by atoms with Gasteiger partial charge in [-0.05, 0) is 46.5 Å². The summed E-state index contributed by atoms with van der Waals surface area (Å²) < 4.78 is 11.0. The van der Waals surface area contributed by atoms with E-state index in [0.29, 0.717) is 32.4 Å². The minimum Gasteiger partial charge on any atom is -0.479 e. The van der Waals surface area contributed by atoms with E-state index in [1.54, 1.807) is 4.90 Å². The lowest BCUT2D eigenvalue weighted by Gasteiger charge is -2.39. The third-order valence-corrected chi connectivity index (χ3v) is 3.86. The van der Waals surface area contributed by atoms with Gasteiger partial charge in [0.25, 0.3) is 0 Å². The fourth-order valence-electron chi connectivity index (χ4n) is 2.78. The van der Waals surface area contributed by atoms with Crippen LogP contribution < -0.4 is 0 Å². The number of amides is 1. The molecule has 0 aromatic carbocycles. The summed E-state index contributed by atoms with van der Waals surface area (Å²) in [4.78, 5) is 24.6. The summed E-state index contributed by atoms with van der Waals surface area (Å²) in [5.41, 5.74) is -0.855. The zero-order valence-electron chi connectivity index (χ0n) is 12.3. The van der Waals surface area contributed by atoms with E-state index in [2.05, 4.69) is 0 Å². The van der Waals surface area contributed by atoms with Gasteiger partial charge >= 0.3 is 12.1 Å². The Labute approximate surface area is 119 Å². The van der Waals surface area contributed by atoms with Crippen molar-refractivity contribution in [2.24, 2.45) is 0 Å². The molecule has 2 rings (SSSR count). The van der Waals surface area contributed by atoms with Crippen molar-refractivity contribution in [2.75, 3.05) is 13.1 Å². The molecule has 2 heterocycles. The number of hydrogen-bond acceptors (Lipinski definition) is 4. The summed E-state index contributed by atoms with van der Waals surface area (Å²) >= 11 is 0. The molecule has 6 heteroatoms. The Bertz CT molecular complexity index is 393. The van der Waals surface area contributed by atoms with Crippen molar-refractivity contribution in [3.63, 3.8) is 0 Å². The van der Waals surface area contributed by atoms with E-state index in [1.165, 1.54) is 0 Å². The van der Waals surface area contributed by atoms with Crippen LogP contribution in [-0.2, 0) is 14.3 Å². The summed E-state index contributed by atoms with van der Waals surface area (Å²) in [5, 5.41) is 8.99. The summed E-state index contributed by atoms with van der Waals surface area (Å²) in [6.45, 7) is 6.64. The molecule has 2 fully saturated rings. The second-order valence-electron chi connectivity index (χ2n) is 6.63. The van der Waals surface area contributed by atoms with Gasteiger partial charge in [-0.15, -0.1) is 0 Å². The van der Waals surface area contributed by atoms with Crippen LogP contribution in [-0.4, -0.2) is 52.5 Å². The standard InChI is InChI=1S/C14H23NO5/c1-13(2,3)20-12(18)15-8-6-14(7-9-15)5-4-10(19-14)11(16)17/h10H,4-9H2,1-3H3,(H,16,17)/t10-/m0/s1. The highest BCUT2D eigenvalue weighted by molar-refractivity contribution is 5.72. The van der Waals surface area contributed by atoms with Gasteiger partial charge in [0.1, 0.15) is 5.60 Å². The fourth-order valence-corrected chi connectivity index (χ4v) is 2.78. The maximum absolute atomic E-state index is 12.0. The van der Waals surface area contributed by atoms with Gasteiger partial charge in [-0.2, -0.15) is 0 Å². The third kappa shape index (κ3) is 3.42. The maximum Gasteiger partial charge on any atom is 0.410 e. The molecular weight excluding hydrogens is 262 g/mol. The first-order valence-corrected chi connectivity index (χ1v) is 7.09. The molecule has 0 aliphatic carbocycles. The van der Waals surface area contributed by atoms with E-state index < -0.39 is 17.7 Å². The van der Waals surface area contributed by atoms with Crippen LogP contribution in [0.25, 0.3) is 0 Å². The smallest absolute Gasteiger partial charge is 0.410 e. The molecule has 1 N–H and O–H groups in total. The van der Waals surface area contributed by atoms with Crippen LogP contribution in [0.15, 0.2) is 0 Å². The zero-order valence-corrected chi connectivity index (χ0v) is 12.3. The van der Waals surface area contributed by atoms with Gasteiger partial charge in [0.15, 0.2) is 6.10 Å². The summed E-state index contributed by atoms with van der Waals surface area (Å²) in [6, 6.07) is 0. The lowest BCUT2D eigenvalue weighted by molar-refractivity contribution is -0.157. The van der Waals surface area contributed by atoms with E-state index in [1.807, 2.05) is 20.8 Å². The van der Waals surface area contributed by atoms with Crippen molar-refractivity contribution in [1.82, 2.24) is 4.90 Å². The molecule has 0 radical (unpaired) electrons. The van der Waals surface area contributed by atoms with Crippen LogP contribution in [0.3, 0.4) is 0 Å². The summed E-state index contributed by atoms with van der Waals surface area (Å²) in [6.07, 6.45) is 1.67. The number of piperidine rings is 1. The normalized spacial score (nSPS) is 25.8. The molecule has 20 heavy (non-hydrogen) atoms. The Kier molecular flexibility index (Phi) is 3.95. The molecule has 0 unspecified atom stereocenters. The molecule has 6 nitrogen and oxygen atoms in total.